The van der Waals surface area contributed by atoms with Gasteiger partial charge in [0.15, 0.2) is 0 Å². The van der Waals surface area contributed by atoms with E-state index >= 15 is 0 Å². The topological polar surface area (TPSA) is 50.3 Å². The number of nitrogens with zero attached hydrogens (tertiary/aromatic N) is 2. The first-order valence-electron chi connectivity index (χ1n) is 3.48. The highest BCUT2D eigenvalue weighted by molar-refractivity contribution is 6.36. The predicted octanol–water partition coefficient (Wildman–Crippen LogP) is -0.774. The van der Waals surface area contributed by atoms with Gasteiger partial charge in [0.05, 0.1) is 11.1 Å². The minimum Gasteiger partial charge on any atom is -0.328 e. The third-order valence-corrected chi connectivity index (χ3v) is 1.89. The number of carbonyl (C=O) groups excluding carboxylic acids is 2. The second-order valence-corrected chi connectivity index (χ2v) is 2.59. The van der Waals surface area contributed by atoms with Crippen molar-refractivity contribution in [2.75, 3.05) is 0 Å². The van der Waals surface area contributed by atoms with Gasteiger partial charge in [-0.25, -0.2) is 0 Å². The lowest BCUT2D eigenvalue weighted by Crippen LogP contribution is -2.26. The molecule has 0 spiro atoms. The summed E-state index contributed by atoms with van der Waals surface area (Å²) in [5, 5.41) is 0. The summed E-state index contributed by atoms with van der Waals surface area (Å²) in [6.45, 7) is 0. The van der Waals surface area contributed by atoms with Crippen molar-refractivity contribution in [1.82, 2.24) is 9.79 Å². The molecule has 0 saturated carbocycles. The van der Waals surface area contributed by atoms with Gasteiger partial charge in [-0.1, -0.05) is 0 Å². The zero-order valence-corrected chi connectivity index (χ0v) is 6.44. The van der Waals surface area contributed by atoms with Crippen LogP contribution in [0.1, 0.15) is 20.7 Å². The van der Waals surface area contributed by atoms with Crippen molar-refractivity contribution in [3.63, 3.8) is 0 Å². The molecule has 1 aliphatic rings. The molecule has 0 atom stereocenters. The molecule has 0 radical (unpaired) electrons. The number of hydrogen-bond donors (Lipinski definition) is 0. The summed E-state index contributed by atoms with van der Waals surface area (Å²) in [6, 6.07) is 1.55. The smallest absolute Gasteiger partial charge is 0.250 e. The highest BCUT2D eigenvalue weighted by atomic mass is 16.2. The second kappa shape index (κ2) is 2.17. The van der Waals surface area contributed by atoms with Crippen LogP contribution in [0.3, 0.4) is 0 Å². The van der Waals surface area contributed by atoms with Crippen LogP contribution in [0.15, 0.2) is 18.5 Å². The first-order valence-corrected chi connectivity index (χ1v) is 3.48. The number of hydrogen-bond acceptors (Lipinski definition) is 3. The van der Waals surface area contributed by atoms with Gasteiger partial charge < -0.3 is 4.81 Å². The minimum absolute atomic E-state index is 0.252. The van der Waals surface area contributed by atoms with Crippen molar-refractivity contribution in [3.05, 3.63) is 29.6 Å². The fourth-order valence-electron chi connectivity index (χ4n) is 1.20. The Morgan fingerprint density at radius 3 is 2.58 bits per heavy atom. The molecule has 0 aromatic carbocycles. The monoisotopic (exact) mass is 160 g/mol. The van der Waals surface area contributed by atoms with E-state index in [1.54, 1.807) is 6.07 Å². The van der Waals surface area contributed by atoms with Crippen LogP contribution in [0.25, 0.3) is 0 Å². The molecule has 0 fully saturated rings. The normalized spacial score (nSPS) is 15.2. The van der Waals surface area contributed by atoms with Gasteiger partial charge in [0, 0.05) is 12.4 Å². The Labute approximate surface area is 69.6 Å². The maximum Gasteiger partial charge on any atom is 0.250 e. The average Bonchev–Trinajstić information content (AvgIpc) is 2.33. The summed E-state index contributed by atoms with van der Waals surface area (Å²) >= 11 is 0. The van der Waals surface area contributed by atoms with E-state index in [0.717, 1.165) is 4.81 Å². The van der Waals surface area contributed by atoms with Crippen molar-refractivity contribution in [3.8, 4) is 0 Å². The number of amides is 2. The Bertz CT molecular complexity index is 342. The molecule has 0 bridgehead atoms. The van der Waals surface area contributed by atoms with Crippen molar-refractivity contribution < 1.29 is 9.59 Å². The van der Waals surface area contributed by atoms with Crippen LogP contribution in [0.4, 0.5) is 0 Å². The molecule has 2 rings (SSSR count). The van der Waals surface area contributed by atoms with Gasteiger partial charge >= 0.3 is 0 Å². The lowest BCUT2D eigenvalue weighted by molar-refractivity contribution is 0.0766. The van der Waals surface area contributed by atoms with Gasteiger partial charge in [-0.2, -0.15) is 0 Å². The molecule has 5 heteroatoms. The van der Waals surface area contributed by atoms with Gasteiger partial charge in [-0.15, -0.1) is 0 Å². The molecule has 2 amide bonds. The van der Waals surface area contributed by atoms with Gasteiger partial charge in [0.25, 0.3) is 0 Å². The first-order chi connectivity index (χ1) is 5.72. The largest absolute Gasteiger partial charge is 0.328 e. The third-order valence-electron chi connectivity index (χ3n) is 1.89. The zero-order chi connectivity index (χ0) is 8.72. The van der Waals surface area contributed by atoms with Crippen LogP contribution >= 0.6 is 0 Å². The van der Waals surface area contributed by atoms with Gasteiger partial charge in [0.2, 0.25) is 19.8 Å². The minimum atomic E-state index is -0.275. The van der Waals surface area contributed by atoms with E-state index in [1.807, 2.05) is 0 Å². The van der Waals surface area contributed by atoms with E-state index in [-0.39, 0.29) is 11.8 Å². The van der Waals surface area contributed by atoms with E-state index in [9.17, 15) is 9.59 Å². The molecule has 0 N–H and O–H groups in total. The van der Waals surface area contributed by atoms with Crippen LogP contribution in [-0.2, 0) is 0 Å². The Morgan fingerprint density at radius 2 is 1.92 bits per heavy atom. The van der Waals surface area contributed by atoms with Crippen molar-refractivity contribution in [2.45, 2.75) is 0 Å². The van der Waals surface area contributed by atoms with E-state index in [2.05, 4.69) is 4.98 Å². The highest BCUT2D eigenvalue weighted by Crippen LogP contribution is 2.18. The van der Waals surface area contributed by atoms with Crippen molar-refractivity contribution in [2.24, 2.45) is 0 Å². The van der Waals surface area contributed by atoms with Crippen molar-refractivity contribution >= 4 is 19.8 Å². The van der Waals surface area contributed by atoms with Crippen LogP contribution in [0.5, 0.6) is 0 Å². The highest BCUT2D eigenvalue weighted by Gasteiger charge is 2.31. The van der Waals surface area contributed by atoms with Crippen molar-refractivity contribution in [1.29, 1.82) is 0 Å². The summed E-state index contributed by atoms with van der Waals surface area (Å²) in [7, 11) is 1.46. The Balaban J connectivity index is 2.67. The van der Waals surface area contributed by atoms with E-state index < -0.39 is 0 Å². The SMILES string of the molecule is BN1C(=O)c2ccncc2C1=O. The van der Waals surface area contributed by atoms with Crippen LogP contribution in [0.2, 0.25) is 0 Å². The van der Waals surface area contributed by atoms with Gasteiger partial charge in [-0.3, -0.25) is 14.6 Å². The molecule has 0 aliphatic carbocycles. The molecule has 0 unspecified atom stereocenters. The van der Waals surface area contributed by atoms with Crippen LogP contribution in [0, 0.1) is 0 Å². The molecule has 1 aromatic heterocycles. The molecule has 4 nitrogen and oxygen atoms in total. The van der Waals surface area contributed by atoms with E-state index in [4.69, 9.17) is 0 Å². The second-order valence-electron chi connectivity index (χ2n) is 2.59. The maximum atomic E-state index is 11.3. The summed E-state index contributed by atoms with van der Waals surface area (Å²) in [4.78, 5) is 27.4. The Kier molecular flexibility index (Phi) is 1.27. The third kappa shape index (κ3) is 0.703. The lowest BCUT2D eigenvalue weighted by Gasteiger charge is -2.02. The van der Waals surface area contributed by atoms with Crippen LogP contribution < -0.4 is 0 Å². The van der Waals surface area contributed by atoms with Crippen LogP contribution in [-0.4, -0.2) is 29.6 Å². The quantitative estimate of drug-likeness (QED) is 0.369. The zero-order valence-electron chi connectivity index (χ0n) is 6.44. The first kappa shape index (κ1) is 7.03. The van der Waals surface area contributed by atoms with E-state index in [0.29, 0.717) is 11.1 Å². The fourth-order valence-corrected chi connectivity index (χ4v) is 1.20. The fraction of sp³-hybridized carbons (Fsp3) is 0. The predicted molar refractivity (Wildman–Crippen MR) is 43.3 cm³/mol. The summed E-state index contributed by atoms with van der Waals surface area (Å²) in [5.74, 6) is -0.527. The maximum absolute atomic E-state index is 11.3. The standard InChI is InChI=1S/C7H5BN2O2/c8-10-6(11)4-1-2-9-3-5(4)7(10)12/h1-3H,8H2. The molecule has 2 heterocycles. The van der Waals surface area contributed by atoms with E-state index in [1.165, 1.54) is 20.4 Å². The molecule has 1 aliphatic heterocycles. The number of carbonyl (C=O) groups is 2. The van der Waals surface area contributed by atoms with Gasteiger partial charge in [-0.05, 0) is 6.07 Å². The molecule has 0 saturated heterocycles. The lowest BCUT2D eigenvalue weighted by atomic mass is 10.2. The number of pyridine rings is 1. The summed E-state index contributed by atoms with van der Waals surface area (Å²) < 4.78 is 0. The summed E-state index contributed by atoms with van der Waals surface area (Å²) in [6.07, 6.45) is 2.92. The molecule has 58 valence electrons. The molecular weight excluding hydrogens is 155 g/mol. The molecule has 12 heavy (non-hydrogen) atoms. The number of fused-ring (bicyclic) bond motifs is 1. The summed E-state index contributed by atoms with van der Waals surface area (Å²) in [5.41, 5.74) is 0.836. The number of imide groups is 1. The van der Waals surface area contributed by atoms with Gasteiger partial charge in [0.1, 0.15) is 0 Å². The molecule has 1 aromatic rings. The number of aromatic nitrogens is 1. The molecular formula is C7H5BN2O2. The average molecular weight is 160 g/mol. The number of rotatable bonds is 0. The Morgan fingerprint density at radius 1 is 1.25 bits per heavy atom. The Hall–Kier alpha value is -1.65.